The van der Waals surface area contributed by atoms with Crippen LogP contribution in [0.2, 0.25) is 0 Å². The molecule has 142 valence electrons. The summed E-state index contributed by atoms with van der Waals surface area (Å²) < 4.78 is 2.17. The Morgan fingerprint density at radius 1 is 1.16 bits per heavy atom. The molecule has 2 aromatic rings. The van der Waals surface area contributed by atoms with Crippen LogP contribution in [0.4, 0.5) is 0 Å². The molecule has 2 rings (SSSR count). The molecule has 25 heavy (non-hydrogen) atoms. The monoisotopic (exact) mass is 388 g/mol. The zero-order valence-electron chi connectivity index (χ0n) is 15.7. The quantitative estimate of drug-likeness (QED) is 0.830. The van der Waals surface area contributed by atoms with Crippen LogP contribution >= 0.6 is 24.8 Å². The molecule has 1 heterocycles. The van der Waals surface area contributed by atoms with Gasteiger partial charge in [-0.2, -0.15) is 0 Å². The number of hydrogen-bond acceptors (Lipinski definition) is 3. The normalized spacial score (nSPS) is 13.8. The summed E-state index contributed by atoms with van der Waals surface area (Å²) in [6, 6.07) is 7.53. The molecule has 0 spiro atoms. The molecule has 7 heteroatoms. The number of para-hydroxylation sites is 2. The minimum atomic E-state index is -0.554. The molecule has 1 unspecified atom stereocenters. The van der Waals surface area contributed by atoms with Crippen molar-refractivity contribution in [3.63, 3.8) is 0 Å². The topological polar surface area (TPSA) is 72.9 Å². The number of rotatable bonds is 4. The fraction of sp³-hybridized carbons (Fsp3) is 0.556. The van der Waals surface area contributed by atoms with Crippen molar-refractivity contribution in [3.05, 3.63) is 30.1 Å². The number of halogens is 2. The lowest BCUT2D eigenvalue weighted by molar-refractivity contribution is -0.125. The average Bonchev–Trinajstić information content (AvgIpc) is 2.84. The molecule has 0 fully saturated rings. The molecular weight excluding hydrogens is 359 g/mol. The molecule has 5 nitrogen and oxygen atoms in total. The first-order valence-corrected chi connectivity index (χ1v) is 8.15. The number of nitrogens with zero attached hydrogens (tertiary/aromatic N) is 2. The van der Waals surface area contributed by atoms with Crippen LogP contribution < -0.4 is 11.1 Å². The zero-order chi connectivity index (χ0) is 17.4. The highest BCUT2D eigenvalue weighted by atomic mass is 35.5. The lowest BCUT2D eigenvalue weighted by Crippen LogP contribution is -2.49. The van der Waals surface area contributed by atoms with Gasteiger partial charge in [0.05, 0.1) is 23.1 Å². The molecular formula is C18H30Cl2N4O. The fourth-order valence-electron chi connectivity index (χ4n) is 2.67. The van der Waals surface area contributed by atoms with Crippen molar-refractivity contribution in [2.24, 2.45) is 11.1 Å². The van der Waals surface area contributed by atoms with Gasteiger partial charge in [-0.3, -0.25) is 4.79 Å². The van der Waals surface area contributed by atoms with Gasteiger partial charge in [0.15, 0.2) is 0 Å². The number of hydrogen-bond donors (Lipinski definition) is 2. The van der Waals surface area contributed by atoms with Gasteiger partial charge in [0, 0.05) is 6.04 Å². The Morgan fingerprint density at radius 2 is 1.72 bits per heavy atom. The molecule has 0 aliphatic heterocycles. The van der Waals surface area contributed by atoms with Crippen LogP contribution in [-0.4, -0.2) is 21.5 Å². The van der Waals surface area contributed by atoms with Gasteiger partial charge in [-0.05, 0) is 38.3 Å². The number of nitrogens with two attached hydrogens (primary N) is 1. The van der Waals surface area contributed by atoms with Crippen molar-refractivity contribution in [1.82, 2.24) is 14.9 Å². The summed E-state index contributed by atoms with van der Waals surface area (Å²) in [4.78, 5) is 17.1. The van der Waals surface area contributed by atoms with E-state index in [0.29, 0.717) is 0 Å². The van der Waals surface area contributed by atoms with Gasteiger partial charge in [-0.1, -0.05) is 32.9 Å². The molecule has 0 saturated carbocycles. The Morgan fingerprint density at radius 3 is 2.24 bits per heavy atom. The predicted octanol–water partition coefficient (Wildman–Crippen LogP) is 4.01. The minimum Gasteiger partial charge on any atom is -0.345 e. The molecule has 0 saturated heterocycles. The van der Waals surface area contributed by atoms with Gasteiger partial charge >= 0.3 is 0 Å². The first kappa shape index (κ1) is 23.7. The maximum absolute atomic E-state index is 12.4. The second-order valence-corrected chi connectivity index (χ2v) is 7.50. The maximum atomic E-state index is 12.4. The van der Waals surface area contributed by atoms with Crippen molar-refractivity contribution < 1.29 is 4.79 Å². The lowest BCUT2D eigenvalue weighted by atomic mass is 9.87. The number of carbonyl (C=O) groups excluding carboxylic acids is 1. The largest absolute Gasteiger partial charge is 0.345 e. The molecule has 2 atom stereocenters. The van der Waals surface area contributed by atoms with E-state index in [1.54, 1.807) is 0 Å². The van der Waals surface area contributed by atoms with Crippen LogP contribution in [0, 0.1) is 5.41 Å². The Kier molecular flexibility index (Phi) is 8.42. The summed E-state index contributed by atoms with van der Waals surface area (Å²) in [5, 5.41) is 3.01. The van der Waals surface area contributed by atoms with E-state index >= 15 is 0 Å². The third-order valence-electron chi connectivity index (χ3n) is 4.10. The molecule has 0 aliphatic rings. The number of fused-ring (bicyclic) bond motifs is 1. The number of carbonyl (C=O) groups is 1. The average molecular weight is 389 g/mol. The van der Waals surface area contributed by atoms with E-state index in [1.165, 1.54) is 0 Å². The lowest BCUT2D eigenvalue weighted by Gasteiger charge is -2.27. The molecule has 1 aromatic carbocycles. The van der Waals surface area contributed by atoms with Crippen LogP contribution in [0.15, 0.2) is 24.3 Å². The summed E-state index contributed by atoms with van der Waals surface area (Å²) in [6.45, 7) is 12.1. The first-order chi connectivity index (χ1) is 10.6. The summed E-state index contributed by atoms with van der Waals surface area (Å²) >= 11 is 0. The van der Waals surface area contributed by atoms with E-state index < -0.39 is 6.04 Å². The minimum absolute atomic E-state index is 0. The number of benzene rings is 1. The van der Waals surface area contributed by atoms with Gasteiger partial charge in [0.25, 0.3) is 0 Å². The Balaban J connectivity index is 0.00000288. The van der Waals surface area contributed by atoms with Crippen molar-refractivity contribution in [1.29, 1.82) is 0 Å². The summed E-state index contributed by atoms with van der Waals surface area (Å²) in [7, 11) is 0. The second-order valence-electron chi connectivity index (χ2n) is 7.50. The maximum Gasteiger partial charge on any atom is 0.238 e. The highest BCUT2D eigenvalue weighted by molar-refractivity contribution is 5.85. The van der Waals surface area contributed by atoms with E-state index in [1.807, 2.05) is 45.9 Å². The Hall–Kier alpha value is -1.30. The fourth-order valence-corrected chi connectivity index (χ4v) is 2.67. The molecule has 3 N–H and O–H groups in total. The standard InChI is InChI=1S/C18H28N4O.2ClH/c1-11(2)22-14-10-8-7-9-13(14)21-16(22)12(3)20-17(23)15(19)18(4,5)6;;/h7-12,15H,19H2,1-6H3,(H,20,23);2*1H/t12?,15-;;/m1../s1. The van der Waals surface area contributed by atoms with Crippen molar-refractivity contribution in [3.8, 4) is 0 Å². The molecule has 0 aliphatic carbocycles. The number of imidazole rings is 1. The van der Waals surface area contributed by atoms with Gasteiger partial charge in [0.1, 0.15) is 5.82 Å². The highest BCUT2D eigenvalue weighted by Gasteiger charge is 2.29. The van der Waals surface area contributed by atoms with Gasteiger partial charge in [0.2, 0.25) is 5.91 Å². The van der Waals surface area contributed by atoms with Crippen molar-refractivity contribution in [2.45, 2.75) is 59.7 Å². The van der Waals surface area contributed by atoms with Crippen LogP contribution in [0.25, 0.3) is 11.0 Å². The van der Waals surface area contributed by atoms with Crippen LogP contribution in [0.1, 0.15) is 59.5 Å². The Bertz CT molecular complexity index is 707. The van der Waals surface area contributed by atoms with Gasteiger partial charge in [-0.25, -0.2) is 4.98 Å². The predicted molar refractivity (Wildman–Crippen MR) is 109 cm³/mol. The van der Waals surface area contributed by atoms with Gasteiger partial charge < -0.3 is 15.6 Å². The molecule has 1 amide bonds. The van der Waals surface area contributed by atoms with Crippen LogP contribution in [-0.2, 0) is 4.79 Å². The van der Waals surface area contributed by atoms with E-state index in [4.69, 9.17) is 10.7 Å². The third kappa shape index (κ3) is 5.09. The number of nitrogens with one attached hydrogen (secondary N) is 1. The summed E-state index contributed by atoms with van der Waals surface area (Å²) in [6.07, 6.45) is 0. The SMILES string of the molecule is CC(NC(=O)[C@@H](N)C(C)(C)C)c1nc2ccccc2n1C(C)C.Cl.Cl. The van der Waals surface area contributed by atoms with Crippen molar-refractivity contribution in [2.75, 3.05) is 0 Å². The molecule has 0 bridgehead atoms. The number of amides is 1. The van der Waals surface area contributed by atoms with E-state index in [0.717, 1.165) is 16.9 Å². The molecule has 1 aromatic heterocycles. The summed E-state index contributed by atoms with van der Waals surface area (Å²) in [5.74, 6) is 0.711. The van der Waals surface area contributed by atoms with E-state index in [2.05, 4.69) is 29.8 Å². The smallest absolute Gasteiger partial charge is 0.238 e. The van der Waals surface area contributed by atoms with Crippen LogP contribution in [0.3, 0.4) is 0 Å². The van der Waals surface area contributed by atoms with E-state index in [9.17, 15) is 4.79 Å². The van der Waals surface area contributed by atoms with Crippen molar-refractivity contribution >= 4 is 41.8 Å². The van der Waals surface area contributed by atoms with E-state index in [-0.39, 0.29) is 48.2 Å². The summed E-state index contributed by atoms with van der Waals surface area (Å²) in [5.41, 5.74) is 7.80. The van der Waals surface area contributed by atoms with Crippen LogP contribution in [0.5, 0.6) is 0 Å². The molecule has 0 radical (unpaired) electrons. The van der Waals surface area contributed by atoms with Gasteiger partial charge in [-0.15, -0.1) is 24.8 Å². The highest BCUT2D eigenvalue weighted by Crippen LogP contribution is 2.25. The second kappa shape index (κ2) is 8.88. The first-order valence-electron chi connectivity index (χ1n) is 8.15. The zero-order valence-corrected chi connectivity index (χ0v) is 17.4. The Labute approximate surface area is 162 Å². The number of aromatic nitrogens is 2. The third-order valence-corrected chi connectivity index (χ3v) is 4.10.